The van der Waals surface area contributed by atoms with Gasteiger partial charge in [0, 0.05) is 28.0 Å². The van der Waals surface area contributed by atoms with Gasteiger partial charge in [0.05, 0.1) is 23.1 Å². The van der Waals surface area contributed by atoms with Crippen molar-refractivity contribution in [3.05, 3.63) is 135 Å². The van der Waals surface area contributed by atoms with Crippen LogP contribution in [0.2, 0.25) is 10.0 Å². The molecule has 220 valence electrons. The van der Waals surface area contributed by atoms with Crippen LogP contribution in [0.4, 0.5) is 5.69 Å². The van der Waals surface area contributed by atoms with Crippen LogP contribution < -0.4 is 10.1 Å². The normalized spacial score (nSPS) is 22.9. The molecule has 0 saturated carbocycles. The number of ether oxygens (including phenoxy) is 1. The molecule has 0 bridgehead atoms. The number of fused-ring (bicyclic) bond motifs is 6. The van der Waals surface area contributed by atoms with Crippen molar-refractivity contribution in [2.75, 3.05) is 5.32 Å². The highest BCUT2D eigenvalue weighted by Gasteiger charge is 2.70. The Hall–Kier alpha value is -4.39. The molecular formula is C36H28Cl2N2O4. The minimum Gasteiger partial charge on any atom is -0.491 e. The summed E-state index contributed by atoms with van der Waals surface area (Å²) in [7, 11) is 0. The SMILES string of the molecule is CC(C)Oc1ccc(C(=O)[C@@H]2[C@H](C(=O)c3ccc(Cl)cc3Cl)[C@@]3(C(=O)Nc4ccccc43)[C@H]3c4ccccc4C=CN23)cc1. The molecule has 1 spiro atoms. The molecule has 3 aliphatic rings. The van der Waals surface area contributed by atoms with Gasteiger partial charge in [-0.2, -0.15) is 0 Å². The van der Waals surface area contributed by atoms with Crippen molar-refractivity contribution in [1.82, 2.24) is 4.90 Å². The van der Waals surface area contributed by atoms with Gasteiger partial charge in [-0.3, -0.25) is 14.4 Å². The van der Waals surface area contributed by atoms with E-state index in [0.29, 0.717) is 27.6 Å². The lowest BCUT2D eigenvalue weighted by Crippen LogP contribution is -2.49. The number of hydrogen-bond acceptors (Lipinski definition) is 5. The van der Waals surface area contributed by atoms with E-state index in [2.05, 4.69) is 5.32 Å². The predicted octanol–water partition coefficient (Wildman–Crippen LogP) is 7.76. The number of para-hydroxylation sites is 1. The van der Waals surface area contributed by atoms with E-state index in [9.17, 15) is 14.4 Å². The van der Waals surface area contributed by atoms with Crippen molar-refractivity contribution in [3.63, 3.8) is 0 Å². The molecule has 1 N–H and O–H groups in total. The van der Waals surface area contributed by atoms with Crippen molar-refractivity contribution >= 4 is 52.4 Å². The average molecular weight is 624 g/mol. The third-order valence-corrected chi connectivity index (χ3v) is 9.38. The Bertz CT molecular complexity index is 1870. The minimum absolute atomic E-state index is 0.0300. The number of benzene rings is 4. The van der Waals surface area contributed by atoms with Gasteiger partial charge in [0.15, 0.2) is 11.6 Å². The van der Waals surface area contributed by atoms with Gasteiger partial charge >= 0.3 is 0 Å². The number of anilines is 1. The molecule has 1 fully saturated rings. The molecule has 0 radical (unpaired) electrons. The highest BCUT2D eigenvalue weighted by Crippen LogP contribution is 2.62. The fraction of sp³-hybridized carbons (Fsp3) is 0.194. The Labute approximate surface area is 265 Å². The minimum atomic E-state index is -1.45. The molecule has 4 aromatic carbocycles. The summed E-state index contributed by atoms with van der Waals surface area (Å²) in [6.45, 7) is 3.86. The van der Waals surface area contributed by atoms with Gasteiger partial charge < -0.3 is 15.0 Å². The number of ketones is 2. The number of hydrogen-bond donors (Lipinski definition) is 1. The zero-order chi connectivity index (χ0) is 30.7. The Morgan fingerprint density at radius 2 is 1.64 bits per heavy atom. The van der Waals surface area contributed by atoms with Crippen molar-refractivity contribution in [3.8, 4) is 5.75 Å². The average Bonchev–Trinajstić information content (AvgIpc) is 3.49. The molecule has 7 rings (SSSR count). The van der Waals surface area contributed by atoms with E-state index in [1.54, 1.807) is 36.4 Å². The van der Waals surface area contributed by atoms with Gasteiger partial charge in [0.1, 0.15) is 17.2 Å². The maximum Gasteiger partial charge on any atom is 0.238 e. The first-order valence-electron chi connectivity index (χ1n) is 14.5. The number of nitrogens with zero attached hydrogens (tertiary/aromatic N) is 1. The van der Waals surface area contributed by atoms with Crippen LogP contribution in [0.25, 0.3) is 6.08 Å². The van der Waals surface area contributed by atoms with Crippen LogP contribution in [0.5, 0.6) is 5.75 Å². The van der Waals surface area contributed by atoms with E-state index in [1.807, 2.05) is 79.6 Å². The van der Waals surface area contributed by atoms with Gasteiger partial charge in [-0.05, 0) is 85.1 Å². The third-order valence-electron chi connectivity index (χ3n) is 8.83. The number of carbonyl (C=O) groups excluding carboxylic acids is 3. The van der Waals surface area contributed by atoms with E-state index >= 15 is 0 Å². The van der Waals surface area contributed by atoms with Crippen molar-refractivity contribution < 1.29 is 19.1 Å². The molecule has 0 unspecified atom stereocenters. The van der Waals surface area contributed by atoms with E-state index < -0.39 is 29.2 Å². The van der Waals surface area contributed by atoms with Crippen LogP contribution in [0.3, 0.4) is 0 Å². The molecule has 0 aliphatic carbocycles. The molecule has 1 saturated heterocycles. The number of nitrogens with one attached hydrogen (secondary N) is 1. The van der Waals surface area contributed by atoms with E-state index in [0.717, 1.165) is 11.1 Å². The van der Waals surface area contributed by atoms with Crippen molar-refractivity contribution in [1.29, 1.82) is 0 Å². The number of halogens is 2. The van der Waals surface area contributed by atoms with Crippen molar-refractivity contribution in [2.45, 2.75) is 37.5 Å². The van der Waals surface area contributed by atoms with Crippen molar-refractivity contribution in [2.24, 2.45) is 5.92 Å². The quantitative estimate of drug-likeness (QED) is 0.222. The molecule has 44 heavy (non-hydrogen) atoms. The lowest BCUT2D eigenvalue weighted by molar-refractivity contribution is -0.122. The molecule has 1 amide bonds. The predicted molar refractivity (Wildman–Crippen MR) is 171 cm³/mol. The molecule has 3 aliphatic heterocycles. The fourth-order valence-electron chi connectivity index (χ4n) is 7.17. The van der Waals surface area contributed by atoms with E-state index in [1.165, 1.54) is 6.07 Å². The van der Waals surface area contributed by atoms with Crippen LogP contribution >= 0.6 is 23.2 Å². The van der Waals surface area contributed by atoms with Crippen LogP contribution in [-0.2, 0) is 10.2 Å². The molecule has 4 atom stereocenters. The van der Waals surface area contributed by atoms with Crippen LogP contribution in [0.15, 0.2) is 97.2 Å². The second kappa shape index (κ2) is 10.7. The molecule has 4 aromatic rings. The highest BCUT2D eigenvalue weighted by molar-refractivity contribution is 6.37. The summed E-state index contributed by atoms with van der Waals surface area (Å²) in [6, 6.07) is 25.1. The Balaban J connectivity index is 1.49. The molecule has 6 nitrogen and oxygen atoms in total. The highest BCUT2D eigenvalue weighted by atomic mass is 35.5. The number of rotatable bonds is 6. The maximum atomic E-state index is 14.9. The number of amides is 1. The molecular weight excluding hydrogens is 595 g/mol. The number of Topliss-reactive ketones (excluding diaryl/α,β-unsaturated/α-hetero) is 2. The Kier molecular flexibility index (Phi) is 6.87. The topological polar surface area (TPSA) is 75.7 Å². The lowest BCUT2D eigenvalue weighted by atomic mass is 9.62. The van der Waals surface area contributed by atoms with Crippen LogP contribution in [-0.4, -0.2) is 34.5 Å². The Morgan fingerprint density at radius 3 is 2.39 bits per heavy atom. The lowest BCUT2D eigenvalue weighted by Gasteiger charge is -2.38. The summed E-state index contributed by atoms with van der Waals surface area (Å²) >= 11 is 12.8. The van der Waals surface area contributed by atoms with Gasteiger partial charge in [0.25, 0.3) is 0 Å². The molecule has 8 heteroatoms. The standard InChI is InChI=1S/C36H28Cl2N2O4/c1-20(2)44-24-14-11-22(12-15-24)32(41)31-30(33(42)26-16-13-23(37)19-28(26)38)36(27-9-5-6-10-29(27)39-35(36)43)34-25-8-4-3-7-21(25)17-18-40(31)34/h3-20,30-31,34H,1-2H3,(H,39,43)/t30-,31+,34-,36-/m1/s1. The molecule has 0 aromatic heterocycles. The summed E-state index contributed by atoms with van der Waals surface area (Å²) in [4.78, 5) is 46.1. The first-order chi connectivity index (χ1) is 21.2. The van der Waals surface area contributed by atoms with Crippen LogP contribution in [0, 0.1) is 5.92 Å². The zero-order valence-electron chi connectivity index (χ0n) is 24.0. The summed E-state index contributed by atoms with van der Waals surface area (Å²) in [5.41, 5.74) is 2.23. The van der Waals surface area contributed by atoms with Gasteiger partial charge in [-0.15, -0.1) is 0 Å². The first-order valence-corrected chi connectivity index (χ1v) is 15.2. The summed E-state index contributed by atoms with van der Waals surface area (Å²) in [5.74, 6) is -1.53. The summed E-state index contributed by atoms with van der Waals surface area (Å²) in [6.07, 6.45) is 3.75. The van der Waals surface area contributed by atoms with E-state index in [-0.39, 0.29) is 28.4 Å². The van der Waals surface area contributed by atoms with Gasteiger partial charge in [-0.25, -0.2) is 0 Å². The fourth-order valence-corrected chi connectivity index (χ4v) is 7.67. The number of carbonyl (C=O) groups is 3. The zero-order valence-corrected chi connectivity index (χ0v) is 25.5. The maximum absolute atomic E-state index is 14.9. The summed E-state index contributed by atoms with van der Waals surface area (Å²) in [5, 5.41) is 3.59. The Morgan fingerprint density at radius 1 is 0.909 bits per heavy atom. The first kappa shape index (κ1) is 28.4. The van der Waals surface area contributed by atoms with Crippen LogP contribution in [0.1, 0.15) is 57.3 Å². The van der Waals surface area contributed by atoms with Gasteiger partial charge in [0.2, 0.25) is 5.91 Å². The third kappa shape index (κ3) is 4.20. The largest absolute Gasteiger partial charge is 0.491 e. The second-order valence-corrected chi connectivity index (χ2v) is 12.5. The smallest absolute Gasteiger partial charge is 0.238 e. The van der Waals surface area contributed by atoms with E-state index in [4.69, 9.17) is 27.9 Å². The van der Waals surface area contributed by atoms with Gasteiger partial charge in [-0.1, -0.05) is 65.7 Å². The monoisotopic (exact) mass is 622 g/mol. The second-order valence-electron chi connectivity index (χ2n) is 11.6. The summed E-state index contributed by atoms with van der Waals surface area (Å²) < 4.78 is 5.80. The molecule has 3 heterocycles.